The number of ether oxygens (including phenoxy) is 1. The Morgan fingerprint density at radius 2 is 2.24 bits per heavy atom. The molecule has 4 heteroatoms. The zero-order chi connectivity index (χ0) is 12.6. The third kappa shape index (κ3) is 1.67. The van der Waals surface area contributed by atoms with Crippen LogP contribution >= 0.6 is 15.9 Å². The lowest BCUT2D eigenvalue weighted by Crippen LogP contribution is -2.45. The Morgan fingerprint density at radius 3 is 2.82 bits per heavy atom. The molecular weight excluding hydrogens is 280 g/mol. The van der Waals surface area contributed by atoms with Gasteiger partial charge in [0.2, 0.25) is 0 Å². The second-order valence-electron chi connectivity index (χ2n) is 4.25. The minimum atomic E-state index is -0.808. The standard InChI is InChI=1S/C13H13BrN2O/c1-9-7-17-12-5-4-10(14)6-11(12)13(9,8-15)16(2)3/h4-6H,1,7H2,2-3H3. The Bertz CT molecular complexity index is 519. The number of benzene rings is 1. The van der Waals surface area contributed by atoms with Crippen LogP contribution in [-0.2, 0) is 5.54 Å². The average molecular weight is 293 g/mol. The van der Waals surface area contributed by atoms with E-state index in [0.717, 1.165) is 21.4 Å². The highest BCUT2D eigenvalue weighted by Crippen LogP contribution is 2.43. The van der Waals surface area contributed by atoms with E-state index in [0.29, 0.717) is 6.61 Å². The summed E-state index contributed by atoms with van der Waals surface area (Å²) >= 11 is 3.43. The van der Waals surface area contributed by atoms with Crippen molar-refractivity contribution in [2.75, 3.05) is 20.7 Å². The molecule has 1 aliphatic heterocycles. The molecular formula is C13H13BrN2O. The maximum atomic E-state index is 9.60. The lowest BCUT2D eigenvalue weighted by atomic mass is 9.81. The topological polar surface area (TPSA) is 36.3 Å². The molecule has 0 aromatic heterocycles. The zero-order valence-corrected chi connectivity index (χ0v) is 11.4. The minimum absolute atomic E-state index is 0.375. The Balaban J connectivity index is 2.73. The van der Waals surface area contributed by atoms with Crippen molar-refractivity contribution in [2.45, 2.75) is 5.54 Å². The van der Waals surface area contributed by atoms with Crippen LogP contribution in [0.25, 0.3) is 0 Å². The zero-order valence-electron chi connectivity index (χ0n) is 9.83. The first-order valence-corrected chi connectivity index (χ1v) is 6.01. The van der Waals surface area contributed by atoms with Gasteiger partial charge in [-0.1, -0.05) is 22.5 Å². The summed E-state index contributed by atoms with van der Waals surface area (Å²) < 4.78 is 6.53. The van der Waals surface area contributed by atoms with Crippen LogP contribution in [0, 0.1) is 11.3 Å². The van der Waals surface area contributed by atoms with Crippen LogP contribution in [-0.4, -0.2) is 25.6 Å². The first-order valence-electron chi connectivity index (χ1n) is 5.22. The lowest BCUT2D eigenvalue weighted by molar-refractivity contribution is 0.198. The molecule has 1 unspecified atom stereocenters. The molecule has 0 saturated carbocycles. The fourth-order valence-electron chi connectivity index (χ4n) is 2.17. The van der Waals surface area contributed by atoms with Gasteiger partial charge in [0.05, 0.1) is 6.07 Å². The fraction of sp³-hybridized carbons (Fsp3) is 0.308. The van der Waals surface area contributed by atoms with Gasteiger partial charge in [0.1, 0.15) is 12.4 Å². The second kappa shape index (κ2) is 4.17. The smallest absolute Gasteiger partial charge is 0.162 e. The Morgan fingerprint density at radius 1 is 1.53 bits per heavy atom. The highest BCUT2D eigenvalue weighted by Gasteiger charge is 2.43. The molecule has 1 aromatic carbocycles. The van der Waals surface area contributed by atoms with Crippen molar-refractivity contribution in [1.29, 1.82) is 5.26 Å². The first kappa shape index (κ1) is 12.2. The summed E-state index contributed by atoms with van der Waals surface area (Å²) in [5.41, 5.74) is 0.795. The highest BCUT2D eigenvalue weighted by molar-refractivity contribution is 9.10. The molecule has 0 fully saturated rings. The quantitative estimate of drug-likeness (QED) is 0.747. The van der Waals surface area contributed by atoms with E-state index in [9.17, 15) is 5.26 Å². The van der Waals surface area contributed by atoms with E-state index < -0.39 is 5.54 Å². The molecule has 88 valence electrons. The Kier molecular flexibility index (Phi) is 2.98. The number of hydrogen-bond acceptors (Lipinski definition) is 3. The van der Waals surface area contributed by atoms with Crippen LogP contribution in [0.2, 0.25) is 0 Å². The SMILES string of the molecule is C=C1COc2ccc(Br)cc2C1(C#N)N(C)C. The summed E-state index contributed by atoms with van der Waals surface area (Å²) in [5, 5.41) is 9.60. The maximum absolute atomic E-state index is 9.60. The summed E-state index contributed by atoms with van der Waals surface area (Å²) in [4.78, 5) is 1.88. The van der Waals surface area contributed by atoms with Gasteiger partial charge in [-0.25, -0.2) is 0 Å². The van der Waals surface area contributed by atoms with Crippen molar-refractivity contribution in [3.05, 3.63) is 40.4 Å². The van der Waals surface area contributed by atoms with Crippen molar-refractivity contribution >= 4 is 15.9 Å². The number of nitriles is 1. The largest absolute Gasteiger partial charge is 0.489 e. The molecule has 0 aliphatic carbocycles. The third-order valence-corrected chi connectivity index (χ3v) is 3.57. The Labute approximate surface area is 109 Å². The number of rotatable bonds is 1. The first-order chi connectivity index (χ1) is 8.02. The van der Waals surface area contributed by atoms with Crippen molar-refractivity contribution in [3.8, 4) is 11.8 Å². The predicted octanol–water partition coefficient (Wildman–Crippen LogP) is 2.68. The van der Waals surface area contributed by atoms with Crippen molar-refractivity contribution in [3.63, 3.8) is 0 Å². The van der Waals surface area contributed by atoms with Gasteiger partial charge in [0.25, 0.3) is 0 Å². The van der Waals surface area contributed by atoms with E-state index in [1.54, 1.807) is 0 Å². The molecule has 0 saturated heterocycles. The number of hydrogen-bond donors (Lipinski definition) is 0. The van der Waals surface area contributed by atoms with Gasteiger partial charge >= 0.3 is 0 Å². The minimum Gasteiger partial charge on any atom is -0.489 e. The van der Waals surface area contributed by atoms with Gasteiger partial charge in [-0.15, -0.1) is 0 Å². The molecule has 1 aliphatic rings. The lowest BCUT2D eigenvalue weighted by Gasteiger charge is -2.40. The molecule has 1 aromatic rings. The summed E-state index contributed by atoms with van der Waals surface area (Å²) in [6, 6.07) is 8.08. The van der Waals surface area contributed by atoms with E-state index in [2.05, 4.69) is 28.6 Å². The van der Waals surface area contributed by atoms with E-state index >= 15 is 0 Å². The van der Waals surface area contributed by atoms with Gasteiger partial charge in [-0.2, -0.15) is 5.26 Å². The van der Waals surface area contributed by atoms with Gasteiger partial charge in [-0.05, 0) is 37.9 Å². The molecule has 3 nitrogen and oxygen atoms in total. The summed E-state index contributed by atoms with van der Waals surface area (Å²) in [6.45, 7) is 4.36. The van der Waals surface area contributed by atoms with Crippen LogP contribution in [0.4, 0.5) is 0 Å². The van der Waals surface area contributed by atoms with Gasteiger partial charge in [-0.3, -0.25) is 4.90 Å². The molecule has 0 radical (unpaired) electrons. The van der Waals surface area contributed by atoms with E-state index in [1.165, 1.54) is 0 Å². The van der Waals surface area contributed by atoms with E-state index in [4.69, 9.17) is 4.74 Å². The third-order valence-electron chi connectivity index (χ3n) is 3.08. The summed E-state index contributed by atoms with van der Waals surface area (Å²) in [7, 11) is 3.76. The van der Waals surface area contributed by atoms with Crippen LogP contribution in [0.15, 0.2) is 34.8 Å². The fourth-order valence-corrected chi connectivity index (χ4v) is 2.53. The van der Waals surface area contributed by atoms with Crippen LogP contribution in [0.3, 0.4) is 0 Å². The molecule has 0 spiro atoms. The maximum Gasteiger partial charge on any atom is 0.162 e. The van der Waals surface area contributed by atoms with Gasteiger partial charge in [0.15, 0.2) is 5.54 Å². The number of nitrogens with zero attached hydrogens (tertiary/aromatic N) is 2. The van der Waals surface area contributed by atoms with Crippen molar-refractivity contribution in [1.82, 2.24) is 4.90 Å². The summed E-state index contributed by atoms with van der Waals surface area (Å²) in [5.74, 6) is 0.746. The molecule has 0 N–H and O–H groups in total. The molecule has 1 atom stereocenters. The second-order valence-corrected chi connectivity index (χ2v) is 5.17. The number of fused-ring (bicyclic) bond motifs is 1. The van der Waals surface area contributed by atoms with Crippen LogP contribution in [0.5, 0.6) is 5.75 Å². The van der Waals surface area contributed by atoms with Crippen molar-refractivity contribution in [2.24, 2.45) is 0 Å². The molecule has 0 bridgehead atoms. The van der Waals surface area contributed by atoms with Gasteiger partial charge in [0, 0.05) is 10.0 Å². The molecule has 0 amide bonds. The number of halogens is 1. The molecule has 17 heavy (non-hydrogen) atoms. The Hall–Kier alpha value is -1.31. The summed E-state index contributed by atoms with van der Waals surface area (Å²) in [6.07, 6.45) is 0. The monoisotopic (exact) mass is 292 g/mol. The predicted molar refractivity (Wildman–Crippen MR) is 69.8 cm³/mol. The average Bonchev–Trinajstić information content (AvgIpc) is 2.29. The van der Waals surface area contributed by atoms with E-state index in [1.807, 2.05) is 37.2 Å². The van der Waals surface area contributed by atoms with Crippen LogP contribution < -0.4 is 4.74 Å². The van der Waals surface area contributed by atoms with Crippen LogP contribution in [0.1, 0.15) is 5.56 Å². The molecule has 1 heterocycles. The van der Waals surface area contributed by atoms with Crippen molar-refractivity contribution < 1.29 is 4.74 Å². The normalized spacial score (nSPS) is 22.9. The molecule has 2 rings (SSSR count). The number of likely N-dealkylation sites (N-methyl/N-ethyl adjacent to an activating group) is 1. The highest BCUT2D eigenvalue weighted by atomic mass is 79.9. The van der Waals surface area contributed by atoms with Gasteiger partial charge < -0.3 is 4.74 Å². The van der Waals surface area contributed by atoms with E-state index in [-0.39, 0.29) is 0 Å².